The average Bonchev–Trinajstić information content (AvgIpc) is 3.37. The largest absolute Gasteiger partial charge is 0.458 e. The van der Waals surface area contributed by atoms with Gasteiger partial charge in [0.15, 0.2) is 11.5 Å². The minimum absolute atomic E-state index is 0.0449. The minimum Gasteiger partial charge on any atom is -0.458 e. The second kappa shape index (κ2) is 9.50. The number of ether oxygens (including phenoxy) is 3. The maximum absolute atomic E-state index is 12.9. The molecule has 8 heteroatoms. The Hall–Kier alpha value is -3.23. The zero-order chi connectivity index (χ0) is 21.8. The van der Waals surface area contributed by atoms with Gasteiger partial charge in [0.2, 0.25) is 0 Å². The number of para-hydroxylation sites is 2. The number of hydrogen-bond donors (Lipinski definition) is 1. The highest BCUT2D eigenvalue weighted by molar-refractivity contribution is 5.96. The molecule has 8 nitrogen and oxygen atoms in total. The molecule has 3 heterocycles. The summed E-state index contributed by atoms with van der Waals surface area (Å²) in [4.78, 5) is 24.4. The van der Waals surface area contributed by atoms with E-state index in [1.165, 1.54) is 0 Å². The van der Waals surface area contributed by atoms with Crippen molar-refractivity contribution in [2.75, 3.05) is 49.7 Å². The van der Waals surface area contributed by atoms with E-state index >= 15 is 0 Å². The Bertz CT molecular complexity index is 1080. The first kappa shape index (κ1) is 20.7. The number of morpholine rings is 1. The number of nitrogens with one attached hydrogen (secondary N) is 1. The smallest absolute Gasteiger partial charge is 0.360 e. The first-order valence-corrected chi connectivity index (χ1v) is 11.0. The average molecular weight is 434 g/mol. The number of carbonyl (C=O) groups is 1. The molecule has 0 spiro atoms. The summed E-state index contributed by atoms with van der Waals surface area (Å²) in [5, 5.41) is 3.25. The molecule has 3 aromatic rings. The van der Waals surface area contributed by atoms with Gasteiger partial charge in [0, 0.05) is 31.1 Å². The molecule has 1 aromatic heterocycles. The number of anilines is 3. The van der Waals surface area contributed by atoms with Crippen LogP contribution in [0.25, 0.3) is 11.0 Å². The lowest BCUT2D eigenvalue weighted by atomic mass is 10.2. The normalized spacial score (nSPS) is 18.6. The number of rotatable bonds is 6. The third kappa shape index (κ3) is 4.66. The number of hydrogen-bond acceptors (Lipinski definition) is 8. The van der Waals surface area contributed by atoms with Gasteiger partial charge in [-0.2, -0.15) is 0 Å². The van der Waals surface area contributed by atoms with Gasteiger partial charge in [-0.15, -0.1) is 0 Å². The number of esters is 1. The van der Waals surface area contributed by atoms with E-state index < -0.39 is 5.97 Å². The zero-order valence-electron chi connectivity index (χ0n) is 17.8. The Labute approximate surface area is 186 Å². The Morgan fingerprint density at radius 2 is 1.78 bits per heavy atom. The summed E-state index contributed by atoms with van der Waals surface area (Å²) in [7, 11) is 0. The van der Waals surface area contributed by atoms with Crippen LogP contribution < -0.4 is 10.2 Å². The van der Waals surface area contributed by atoms with Crippen molar-refractivity contribution in [2.45, 2.75) is 18.9 Å². The number of nitrogens with zero attached hydrogens (tertiary/aromatic N) is 3. The number of carbonyl (C=O) groups excluding carboxylic acids is 1. The first-order valence-electron chi connectivity index (χ1n) is 11.0. The van der Waals surface area contributed by atoms with Crippen LogP contribution in [-0.4, -0.2) is 61.6 Å². The summed E-state index contributed by atoms with van der Waals surface area (Å²) in [5.74, 6) is -0.133. The molecule has 32 heavy (non-hydrogen) atoms. The zero-order valence-corrected chi connectivity index (χ0v) is 17.8. The van der Waals surface area contributed by atoms with E-state index in [0.29, 0.717) is 23.5 Å². The van der Waals surface area contributed by atoms with Crippen molar-refractivity contribution in [3.05, 3.63) is 54.2 Å². The van der Waals surface area contributed by atoms with E-state index in [-0.39, 0.29) is 18.4 Å². The summed E-state index contributed by atoms with van der Waals surface area (Å²) >= 11 is 0. The van der Waals surface area contributed by atoms with Gasteiger partial charge in [-0.1, -0.05) is 12.1 Å². The van der Waals surface area contributed by atoms with Crippen molar-refractivity contribution in [1.82, 2.24) is 9.97 Å². The summed E-state index contributed by atoms with van der Waals surface area (Å²) < 4.78 is 16.5. The van der Waals surface area contributed by atoms with Crippen molar-refractivity contribution in [2.24, 2.45) is 0 Å². The molecule has 2 aliphatic heterocycles. The highest BCUT2D eigenvalue weighted by Gasteiger charge is 2.22. The highest BCUT2D eigenvalue weighted by atomic mass is 16.6. The molecule has 0 aliphatic carbocycles. The van der Waals surface area contributed by atoms with Crippen LogP contribution in [0.15, 0.2) is 48.5 Å². The number of fused-ring (bicyclic) bond motifs is 1. The van der Waals surface area contributed by atoms with E-state index in [4.69, 9.17) is 14.2 Å². The quantitative estimate of drug-likeness (QED) is 0.590. The van der Waals surface area contributed by atoms with Gasteiger partial charge in [0.1, 0.15) is 6.61 Å². The molecule has 0 amide bonds. The molecule has 0 radical (unpaired) electrons. The topological polar surface area (TPSA) is 85.8 Å². The summed E-state index contributed by atoms with van der Waals surface area (Å²) in [6.45, 7) is 4.17. The molecule has 166 valence electrons. The summed E-state index contributed by atoms with van der Waals surface area (Å²) in [5.41, 5.74) is 3.47. The van der Waals surface area contributed by atoms with E-state index in [1.54, 1.807) is 0 Å². The maximum atomic E-state index is 12.9. The van der Waals surface area contributed by atoms with E-state index in [1.807, 2.05) is 36.4 Å². The highest BCUT2D eigenvalue weighted by Crippen LogP contribution is 2.25. The molecule has 0 bridgehead atoms. The Morgan fingerprint density at radius 3 is 2.50 bits per heavy atom. The van der Waals surface area contributed by atoms with Gasteiger partial charge < -0.3 is 24.4 Å². The SMILES string of the molecule is O=C(OC[C@@H]1CCCO1)c1nc2ccccc2nc1Nc1ccc(N2CCOCC2)cc1. The van der Waals surface area contributed by atoms with Crippen molar-refractivity contribution < 1.29 is 19.0 Å². The molecule has 1 atom stereocenters. The monoisotopic (exact) mass is 434 g/mol. The number of aromatic nitrogens is 2. The molecule has 2 saturated heterocycles. The van der Waals surface area contributed by atoms with Gasteiger partial charge in [-0.3, -0.25) is 0 Å². The van der Waals surface area contributed by atoms with Gasteiger partial charge in [0.25, 0.3) is 0 Å². The van der Waals surface area contributed by atoms with Gasteiger partial charge in [0.05, 0.1) is 30.4 Å². The maximum Gasteiger partial charge on any atom is 0.360 e. The summed E-state index contributed by atoms with van der Waals surface area (Å²) in [6, 6.07) is 15.5. The standard InChI is InChI=1S/C24H26N4O4/c29-24(32-16-19-4-3-13-31-19)22-23(27-21-6-2-1-5-20(21)26-22)25-17-7-9-18(10-8-17)28-11-14-30-15-12-28/h1-2,5-10,19H,3-4,11-16H2,(H,25,27)/t19-/m0/s1. The van der Waals surface area contributed by atoms with Gasteiger partial charge in [-0.25, -0.2) is 14.8 Å². The Balaban J connectivity index is 1.37. The van der Waals surface area contributed by atoms with Crippen LogP contribution in [0.5, 0.6) is 0 Å². The van der Waals surface area contributed by atoms with Crippen LogP contribution in [0.2, 0.25) is 0 Å². The van der Waals surface area contributed by atoms with Crippen molar-refractivity contribution in [1.29, 1.82) is 0 Å². The third-order valence-electron chi connectivity index (χ3n) is 5.69. The summed E-state index contributed by atoms with van der Waals surface area (Å²) in [6.07, 6.45) is 1.85. The minimum atomic E-state index is -0.508. The van der Waals surface area contributed by atoms with E-state index in [2.05, 4.69) is 32.3 Å². The Kier molecular flexibility index (Phi) is 6.13. The molecule has 2 aromatic carbocycles. The predicted octanol–water partition coefficient (Wildman–Crippen LogP) is 3.55. The van der Waals surface area contributed by atoms with Gasteiger partial charge >= 0.3 is 5.97 Å². The molecule has 1 N–H and O–H groups in total. The second-order valence-corrected chi connectivity index (χ2v) is 7.91. The van der Waals surface area contributed by atoms with Crippen LogP contribution in [0, 0.1) is 0 Å². The van der Waals surface area contributed by atoms with Crippen LogP contribution in [0.3, 0.4) is 0 Å². The molecule has 0 saturated carbocycles. The molecule has 2 fully saturated rings. The van der Waals surface area contributed by atoms with Crippen LogP contribution in [0.4, 0.5) is 17.2 Å². The van der Waals surface area contributed by atoms with Crippen molar-refractivity contribution >= 4 is 34.2 Å². The van der Waals surface area contributed by atoms with E-state index in [9.17, 15) is 4.79 Å². The van der Waals surface area contributed by atoms with Crippen LogP contribution in [-0.2, 0) is 14.2 Å². The lowest BCUT2D eigenvalue weighted by molar-refractivity contribution is 0.0157. The number of benzene rings is 2. The molecule has 0 unspecified atom stereocenters. The van der Waals surface area contributed by atoms with Gasteiger partial charge in [-0.05, 0) is 49.2 Å². The van der Waals surface area contributed by atoms with Crippen LogP contribution in [0.1, 0.15) is 23.3 Å². The molecular formula is C24H26N4O4. The fourth-order valence-corrected chi connectivity index (χ4v) is 3.96. The van der Waals surface area contributed by atoms with Crippen LogP contribution >= 0.6 is 0 Å². The third-order valence-corrected chi connectivity index (χ3v) is 5.69. The fraction of sp³-hybridized carbons (Fsp3) is 0.375. The predicted molar refractivity (Wildman–Crippen MR) is 122 cm³/mol. The fourth-order valence-electron chi connectivity index (χ4n) is 3.96. The Morgan fingerprint density at radius 1 is 1.03 bits per heavy atom. The molecular weight excluding hydrogens is 408 g/mol. The van der Waals surface area contributed by atoms with E-state index in [0.717, 1.165) is 50.5 Å². The second-order valence-electron chi connectivity index (χ2n) is 7.91. The molecule has 5 rings (SSSR count). The first-order chi connectivity index (χ1) is 15.8. The lowest BCUT2D eigenvalue weighted by Gasteiger charge is -2.28. The van der Waals surface area contributed by atoms with Crippen molar-refractivity contribution in [3.63, 3.8) is 0 Å². The van der Waals surface area contributed by atoms with Crippen molar-refractivity contribution in [3.8, 4) is 0 Å². The lowest BCUT2D eigenvalue weighted by Crippen LogP contribution is -2.36. The molecule has 2 aliphatic rings.